The van der Waals surface area contributed by atoms with Crippen molar-refractivity contribution >= 4 is 17.6 Å². The van der Waals surface area contributed by atoms with Crippen LogP contribution in [0.1, 0.15) is 11.3 Å². The lowest BCUT2D eigenvalue weighted by atomic mass is 10.3. The highest BCUT2D eigenvalue weighted by Gasteiger charge is 2.04. The van der Waals surface area contributed by atoms with E-state index in [2.05, 4.69) is 9.56 Å². The lowest BCUT2D eigenvalue weighted by Gasteiger charge is -2.04. The maximum atomic E-state index is 10.6. The molecule has 0 N–H and O–H groups in total. The monoisotopic (exact) mass is 305 g/mol. The maximum absolute atomic E-state index is 10.6. The van der Waals surface area contributed by atoms with E-state index in [0.29, 0.717) is 5.69 Å². The molecule has 0 unspecified atom stereocenters. The summed E-state index contributed by atoms with van der Waals surface area (Å²) in [6.07, 6.45) is 3.77. The second-order valence-electron chi connectivity index (χ2n) is 5.15. The Kier molecular flexibility index (Phi) is 4.01. The highest BCUT2D eigenvalue weighted by atomic mass is 16.6. The van der Waals surface area contributed by atoms with Crippen LogP contribution in [0.15, 0.2) is 71.9 Å². The average Bonchev–Trinajstić information content (AvgIpc) is 2.95. The van der Waals surface area contributed by atoms with Crippen LogP contribution in [0.5, 0.6) is 0 Å². The van der Waals surface area contributed by atoms with Crippen molar-refractivity contribution in [1.29, 1.82) is 0 Å². The second-order valence-corrected chi connectivity index (χ2v) is 5.15. The van der Waals surface area contributed by atoms with Gasteiger partial charge < -0.3 is 4.57 Å². The number of aliphatic imine (C=N–C) groups is 1. The Morgan fingerprint density at radius 2 is 1.78 bits per heavy atom. The number of rotatable bonds is 4. The van der Waals surface area contributed by atoms with Crippen molar-refractivity contribution in [3.63, 3.8) is 0 Å². The van der Waals surface area contributed by atoms with Crippen LogP contribution in [-0.2, 0) is 0 Å². The van der Waals surface area contributed by atoms with Crippen molar-refractivity contribution in [1.82, 2.24) is 4.57 Å². The Morgan fingerprint density at radius 1 is 1.09 bits per heavy atom. The van der Waals surface area contributed by atoms with E-state index in [0.717, 1.165) is 16.9 Å². The van der Waals surface area contributed by atoms with Crippen LogP contribution in [0.2, 0.25) is 0 Å². The van der Waals surface area contributed by atoms with Crippen LogP contribution in [-0.4, -0.2) is 15.7 Å². The van der Waals surface area contributed by atoms with Crippen molar-refractivity contribution < 1.29 is 4.92 Å². The van der Waals surface area contributed by atoms with Gasteiger partial charge in [0.25, 0.3) is 5.69 Å². The van der Waals surface area contributed by atoms with Gasteiger partial charge in [0.1, 0.15) is 0 Å². The summed E-state index contributed by atoms with van der Waals surface area (Å²) < 4.78 is 2.09. The predicted molar refractivity (Wildman–Crippen MR) is 90.9 cm³/mol. The number of nitro benzene ring substituents is 1. The molecule has 0 amide bonds. The first-order valence-electron chi connectivity index (χ1n) is 7.16. The van der Waals surface area contributed by atoms with E-state index in [-0.39, 0.29) is 5.69 Å². The Labute approximate surface area is 133 Å². The standard InChI is InChI=1S/C18H15N3O2/c1-14-11-15(13-20(14)17-5-3-2-4-6-17)12-19-16-7-9-18(10-8-16)21(22)23/h2-13H,1H3. The molecule has 0 aliphatic heterocycles. The molecule has 3 rings (SSSR count). The van der Waals surface area contributed by atoms with Crippen LogP contribution in [0.4, 0.5) is 11.4 Å². The lowest BCUT2D eigenvalue weighted by Crippen LogP contribution is -1.93. The SMILES string of the molecule is Cc1cc(C=Nc2ccc([N+](=O)[O-])cc2)cn1-c1ccccc1. The van der Waals surface area contributed by atoms with Gasteiger partial charge in [-0.3, -0.25) is 15.1 Å². The van der Waals surface area contributed by atoms with Crippen molar-refractivity contribution in [2.75, 3.05) is 0 Å². The van der Waals surface area contributed by atoms with Crippen LogP contribution in [0.3, 0.4) is 0 Å². The number of para-hydroxylation sites is 1. The fraction of sp³-hybridized carbons (Fsp3) is 0.0556. The van der Waals surface area contributed by atoms with Gasteiger partial charge in [-0.25, -0.2) is 0 Å². The molecule has 0 atom stereocenters. The van der Waals surface area contributed by atoms with Gasteiger partial charge in [0.2, 0.25) is 0 Å². The highest BCUT2D eigenvalue weighted by molar-refractivity contribution is 5.82. The molecular weight excluding hydrogens is 290 g/mol. The van der Waals surface area contributed by atoms with Gasteiger partial charge in [-0.15, -0.1) is 0 Å². The molecule has 23 heavy (non-hydrogen) atoms. The first-order chi connectivity index (χ1) is 11.1. The fourth-order valence-electron chi connectivity index (χ4n) is 2.35. The molecule has 5 heteroatoms. The van der Waals surface area contributed by atoms with Gasteiger partial charge in [0, 0.05) is 41.5 Å². The van der Waals surface area contributed by atoms with Gasteiger partial charge in [-0.1, -0.05) is 18.2 Å². The minimum absolute atomic E-state index is 0.0648. The topological polar surface area (TPSA) is 60.4 Å². The van der Waals surface area contributed by atoms with E-state index < -0.39 is 4.92 Å². The first kappa shape index (κ1) is 14.7. The Morgan fingerprint density at radius 3 is 2.43 bits per heavy atom. The van der Waals surface area contributed by atoms with E-state index in [4.69, 9.17) is 0 Å². The number of benzene rings is 2. The third-order valence-electron chi connectivity index (χ3n) is 3.49. The van der Waals surface area contributed by atoms with E-state index in [1.807, 2.05) is 49.5 Å². The second kappa shape index (κ2) is 6.27. The number of aryl methyl sites for hydroxylation is 1. The number of hydrogen-bond donors (Lipinski definition) is 0. The summed E-state index contributed by atoms with van der Waals surface area (Å²) >= 11 is 0. The van der Waals surface area contributed by atoms with Crippen molar-refractivity contribution in [2.45, 2.75) is 6.92 Å². The molecule has 2 aromatic carbocycles. The zero-order valence-electron chi connectivity index (χ0n) is 12.6. The number of aromatic nitrogens is 1. The van der Waals surface area contributed by atoms with Crippen molar-refractivity contribution in [3.05, 3.63) is 88.2 Å². The number of nitro groups is 1. The largest absolute Gasteiger partial charge is 0.321 e. The van der Waals surface area contributed by atoms with E-state index in [1.165, 1.54) is 12.1 Å². The van der Waals surface area contributed by atoms with Crippen LogP contribution in [0.25, 0.3) is 5.69 Å². The number of hydrogen-bond acceptors (Lipinski definition) is 3. The average molecular weight is 305 g/mol. The molecule has 0 aliphatic carbocycles. The zero-order valence-corrected chi connectivity index (χ0v) is 12.6. The third kappa shape index (κ3) is 3.35. The molecule has 3 aromatic rings. The van der Waals surface area contributed by atoms with Gasteiger partial charge in [-0.2, -0.15) is 0 Å². The van der Waals surface area contributed by atoms with Crippen molar-refractivity contribution in [2.24, 2.45) is 4.99 Å². The highest BCUT2D eigenvalue weighted by Crippen LogP contribution is 2.19. The zero-order chi connectivity index (χ0) is 16.2. The number of nitrogens with zero attached hydrogens (tertiary/aromatic N) is 3. The molecule has 0 aliphatic rings. The summed E-state index contributed by atoms with van der Waals surface area (Å²) in [6, 6.07) is 18.3. The molecule has 0 bridgehead atoms. The van der Waals surface area contributed by atoms with E-state index >= 15 is 0 Å². The number of non-ortho nitro benzene ring substituents is 1. The quantitative estimate of drug-likeness (QED) is 0.406. The molecule has 0 radical (unpaired) electrons. The molecular formula is C18H15N3O2. The summed E-state index contributed by atoms with van der Waals surface area (Å²) in [7, 11) is 0. The van der Waals surface area contributed by atoms with Crippen LogP contribution >= 0.6 is 0 Å². The summed E-state index contributed by atoms with van der Waals surface area (Å²) in [5, 5.41) is 10.6. The molecule has 1 aromatic heterocycles. The van der Waals surface area contributed by atoms with E-state index in [9.17, 15) is 10.1 Å². The molecule has 0 saturated heterocycles. The first-order valence-corrected chi connectivity index (χ1v) is 7.16. The van der Waals surface area contributed by atoms with Gasteiger partial charge >= 0.3 is 0 Å². The third-order valence-corrected chi connectivity index (χ3v) is 3.49. The molecule has 0 saturated carbocycles. The Balaban J connectivity index is 1.82. The summed E-state index contributed by atoms with van der Waals surface area (Å²) in [5.41, 5.74) is 3.93. The van der Waals surface area contributed by atoms with Gasteiger partial charge in [0.05, 0.1) is 10.6 Å². The molecule has 114 valence electrons. The Bertz CT molecular complexity index is 850. The summed E-state index contributed by atoms with van der Waals surface area (Å²) in [6.45, 7) is 2.04. The van der Waals surface area contributed by atoms with Crippen LogP contribution < -0.4 is 0 Å². The summed E-state index contributed by atoms with van der Waals surface area (Å²) in [5.74, 6) is 0. The smallest absolute Gasteiger partial charge is 0.269 e. The minimum Gasteiger partial charge on any atom is -0.321 e. The normalized spacial score (nSPS) is 11.0. The molecule has 1 heterocycles. The predicted octanol–water partition coefficient (Wildman–Crippen LogP) is 4.44. The van der Waals surface area contributed by atoms with E-state index in [1.54, 1.807) is 18.3 Å². The van der Waals surface area contributed by atoms with Gasteiger partial charge in [0.15, 0.2) is 0 Å². The maximum Gasteiger partial charge on any atom is 0.269 e. The summed E-state index contributed by atoms with van der Waals surface area (Å²) in [4.78, 5) is 14.6. The fourth-order valence-corrected chi connectivity index (χ4v) is 2.35. The molecule has 0 spiro atoms. The molecule has 0 fully saturated rings. The lowest BCUT2D eigenvalue weighted by molar-refractivity contribution is -0.384. The van der Waals surface area contributed by atoms with Crippen LogP contribution in [0, 0.1) is 17.0 Å². The van der Waals surface area contributed by atoms with Gasteiger partial charge in [-0.05, 0) is 37.3 Å². The minimum atomic E-state index is -0.420. The Hall–Kier alpha value is -3.21. The molecule has 5 nitrogen and oxygen atoms in total. The van der Waals surface area contributed by atoms with Crippen molar-refractivity contribution in [3.8, 4) is 5.69 Å².